The number of carboxylic acid groups (broad SMARTS) is 1. The quantitative estimate of drug-likeness (QED) is 0.227. The van der Waals surface area contributed by atoms with Gasteiger partial charge in [-0.3, -0.25) is 14.5 Å². The third kappa shape index (κ3) is 6.69. The van der Waals surface area contributed by atoms with Gasteiger partial charge in [-0.2, -0.15) is 0 Å². The van der Waals surface area contributed by atoms with Crippen molar-refractivity contribution in [1.82, 2.24) is 19.4 Å². The summed E-state index contributed by atoms with van der Waals surface area (Å²) in [5.41, 5.74) is 7.29. The van der Waals surface area contributed by atoms with E-state index in [1.165, 1.54) is 0 Å². The molecule has 2 aliphatic heterocycles. The molecule has 2 aromatic carbocycles. The van der Waals surface area contributed by atoms with Crippen molar-refractivity contribution in [2.24, 2.45) is 11.8 Å². The second-order valence-corrected chi connectivity index (χ2v) is 13.7. The Morgan fingerprint density at radius 1 is 0.978 bits per heavy atom. The molecule has 0 aliphatic carbocycles. The number of ether oxygens (including phenoxy) is 1. The highest BCUT2D eigenvalue weighted by atomic mass is 16.5. The van der Waals surface area contributed by atoms with Gasteiger partial charge in [-0.25, -0.2) is 4.98 Å². The molecule has 2 fully saturated rings. The fourth-order valence-corrected chi connectivity index (χ4v) is 7.73. The van der Waals surface area contributed by atoms with Gasteiger partial charge in [-0.15, -0.1) is 0 Å². The van der Waals surface area contributed by atoms with Gasteiger partial charge in [-0.05, 0) is 73.3 Å². The van der Waals surface area contributed by atoms with E-state index < -0.39 is 5.97 Å². The van der Waals surface area contributed by atoms with Gasteiger partial charge < -0.3 is 19.3 Å². The molecular weight excluding hydrogens is 576 g/mol. The van der Waals surface area contributed by atoms with Crippen molar-refractivity contribution in [2.75, 3.05) is 45.9 Å². The number of pyridine rings is 1. The Morgan fingerprint density at radius 3 is 2.35 bits per heavy atom. The Kier molecular flexibility index (Phi) is 9.76. The Balaban J connectivity index is 1.28. The minimum Gasteiger partial charge on any atom is -0.481 e. The van der Waals surface area contributed by atoms with Crippen LogP contribution in [0.2, 0.25) is 0 Å². The van der Waals surface area contributed by atoms with Gasteiger partial charge >= 0.3 is 5.97 Å². The number of nitrogens with zero attached hydrogens (tertiary/aromatic N) is 4. The lowest BCUT2D eigenvalue weighted by Gasteiger charge is -2.39. The standard InChI is InChI=1S/C38H48N4O4/c1-25(2)23-40-17-19-41(20-18-40)38(45)36(30-15-21-46-22-16-30)29-11-9-28(10-12-29)24-42-33-8-6-5-7-32(33)35-26(3)31(13-14-34(43)44)27(4)39-37(35)42/h5-12,25,30,36H,13-24H2,1-4H3,(H,43,44). The van der Waals surface area contributed by atoms with Crippen LogP contribution in [0.3, 0.4) is 0 Å². The van der Waals surface area contributed by atoms with Crippen molar-refractivity contribution in [3.63, 3.8) is 0 Å². The molecule has 4 aromatic rings. The molecule has 6 rings (SSSR count). The lowest BCUT2D eigenvalue weighted by atomic mass is 9.80. The van der Waals surface area contributed by atoms with Gasteiger partial charge in [0.15, 0.2) is 0 Å². The zero-order valence-electron chi connectivity index (χ0n) is 27.8. The van der Waals surface area contributed by atoms with E-state index in [9.17, 15) is 14.7 Å². The molecule has 1 amide bonds. The first-order valence-electron chi connectivity index (χ1n) is 17.0. The largest absolute Gasteiger partial charge is 0.481 e. The maximum absolute atomic E-state index is 14.2. The van der Waals surface area contributed by atoms with E-state index in [0.717, 1.165) is 95.4 Å². The number of fused-ring (bicyclic) bond motifs is 3. The van der Waals surface area contributed by atoms with Gasteiger partial charge in [-0.1, -0.05) is 56.3 Å². The normalized spacial score (nSPS) is 17.3. The van der Waals surface area contributed by atoms with Crippen molar-refractivity contribution in [2.45, 2.75) is 65.8 Å². The summed E-state index contributed by atoms with van der Waals surface area (Å²) >= 11 is 0. The van der Waals surface area contributed by atoms with Crippen LogP contribution in [-0.2, 0) is 27.3 Å². The maximum Gasteiger partial charge on any atom is 0.303 e. The number of piperazine rings is 1. The molecular formula is C38H48N4O4. The van der Waals surface area contributed by atoms with Crippen LogP contribution >= 0.6 is 0 Å². The lowest BCUT2D eigenvalue weighted by Crippen LogP contribution is -2.51. The van der Waals surface area contributed by atoms with Gasteiger partial charge in [0.1, 0.15) is 5.65 Å². The number of rotatable bonds is 10. The Labute approximate surface area is 272 Å². The summed E-state index contributed by atoms with van der Waals surface area (Å²) < 4.78 is 7.97. The highest BCUT2D eigenvalue weighted by molar-refractivity contribution is 6.08. The van der Waals surface area contributed by atoms with E-state index in [4.69, 9.17) is 9.72 Å². The van der Waals surface area contributed by atoms with Crippen LogP contribution in [0.25, 0.3) is 21.9 Å². The minimum absolute atomic E-state index is 0.0889. The van der Waals surface area contributed by atoms with Crippen molar-refractivity contribution in [1.29, 1.82) is 0 Å². The number of para-hydroxylation sites is 1. The topological polar surface area (TPSA) is 87.9 Å². The minimum atomic E-state index is -0.797. The summed E-state index contributed by atoms with van der Waals surface area (Å²) in [6.07, 6.45) is 2.38. The van der Waals surface area contributed by atoms with E-state index in [1.807, 2.05) is 6.92 Å². The molecule has 2 aromatic heterocycles. The maximum atomic E-state index is 14.2. The first-order valence-corrected chi connectivity index (χ1v) is 17.0. The summed E-state index contributed by atoms with van der Waals surface area (Å²) in [6.45, 7) is 15.2. The van der Waals surface area contributed by atoms with Crippen LogP contribution < -0.4 is 0 Å². The number of hydrogen-bond acceptors (Lipinski definition) is 5. The van der Waals surface area contributed by atoms with E-state index in [2.05, 4.69) is 83.7 Å². The molecule has 244 valence electrons. The number of amides is 1. The third-order valence-corrected chi connectivity index (χ3v) is 10.1. The van der Waals surface area contributed by atoms with Crippen molar-refractivity contribution in [3.8, 4) is 0 Å². The fraction of sp³-hybridized carbons (Fsp3) is 0.500. The Morgan fingerprint density at radius 2 is 1.67 bits per heavy atom. The Bertz CT molecular complexity index is 1700. The van der Waals surface area contributed by atoms with Crippen molar-refractivity contribution < 1.29 is 19.4 Å². The predicted molar refractivity (Wildman–Crippen MR) is 182 cm³/mol. The highest BCUT2D eigenvalue weighted by Gasteiger charge is 2.35. The van der Waals surface area contributed by atoms with Gasteiger partial charge in [0.25, 0.3) is 0 Å². The van der Waals surface area contributed by atoms with Crippen LogP contribution in [0.1, 0.15) is 67.0 Å². The number of carbonyl (C=O) groups excluding carboxylic acids is 1. The molecule has 0 saturated carbocycles. The molecule has 1 unspecified atom stereocenters. The number of carbonyl (C=O) groups is 2. The van der Waals surface area contributed by atoms with E-state index in [1.54, 1.807) is 0 Å². The van der Waals surface area contributed by atoms with Crippen molar-refractivity contribution in [3.05, 3.63) is 76.5 Å². The molecule has 1 atom stereocenters. The zero-order valence-corrected chi connectivity index (χ0v) is 27.8. The predicted octanol–water partition coefficient (Wildman–Crippen LogP) is 6.18. The van der Waals surface area contributed by atoms with E-state index >= 15 is 0 Å². The van der Waals surface area contributed by atoms with Crippen LogP contribution in [-0.4, -0.2) is 82.3 Å². The molecule has 2 saturated heterocycles. The third-order valence-electron chi connectivity index (χ3n) is 10.1. The van der Waals surface area contributed by atoms with Crippen LogP contribution in [0.5, 0.6) is 0 Å². The summed E-state index contributed by atoms with van der Waals surface area (Å²) in [5.74, 6) is 0.223. The first-order chi connectivity index (χ1) is 22.2. The van der Waals surface area contributed by atoms with Gasteiger partial charge in [0.2, 0.25) is 5.91 Å². The number of benzene rings is 2. The van der Waals surface area contributed by atoms with E-state index in [-0.39, 0.29) is 24.2 Å². The number of aliphatic carboxylic acids is 1. The molecule has 2 aliphatic rings. The number of aromatic nitrogens is 2. The van der Waals surface area contributed by atoms with Crippen LogP contribution in [0, 0.1) is 25.7 Å². The molecule has 46 heavy (non-hydrogen) atoms. The molecule has 0 radical (unpaired) electrons. The monoisotopic (exact) mass is 624 g/mol. The average molecular weight is 625 g/mol. The van der Waals surface area contributed by atoms with Crippen molar-refractivity contribution >= 4 is 33.8 Å². The molecule has 0 bridgehead atoms. The lowest BCUT2D eigenvalue weighted by molar-refractivity contribution is -0.137. The van der Waals surface area contributed by atoms with Crippen LogP contribution in [0.15, 0.2) is 48.5 Å². The van der Waals surface area contributed by atoms with E-state index in [0.29, 0.717) is 32.1 Å². The van der Waals surface area contributed by atoms with Gasteiger partial charge in [0.05, 0.1) is 11.4 Å². The van der Waals surface area contributed by atoms with Crippen LogP contribution in [0.4, 0.5) is 0 Å². The fourth-order valence-electron chi connectivity index (χ4n) is 7.73. The average Bonchev–Trinajstić information content (AvgIpc) is 3.35. The first kappa shape index (κ1) is 32.2. The number of carboxylic acids is 1. The summed E-state index contributed by atoms with van der Waals surface area (Å²) in [4.78, 5) is 35.1. The zero-order chi connectivity index (χ0) is 32.4. The summed E-state index contributed by atoms with van der Waals surface area (Å²) in [5, 5.41) is 11.5. The second kappa shape index (κ2) is 13.9. The second-order valence-electron chi connectivity index (χ2n) is 13.7. The Hall–Kier alpha value is -3.75. The number of aryl methyl sites for hydroxylation is 2. The SMILES string of the molecule is Cc1nc2c(c(C)c1CCC(=O)O)c1ccccc1n2Cc1ccc(C(C(=O)N2CCN(CC(C)C)CC2)C2CCOCC2)cc1. The van der Waals surface area contributed by atoms with Gasteiger partial charge in [0, 0.05) is 75.4 Å². The smallest absolute Gasteiger partial charge is 0.303 e. The molecule has 8 heteroatoms. The highest BCUT2D eigenvalue weighted by Crippen LogP contribution is 2.36. The summed E-state index contributed by atoms with van der Waals surface area (Å²) in [6, 6.07) is 17.1. The molecule has 0 spiro atoms. The molecule has 8 nitrogen and oxygen atoms in total. The number of hydrogen-bond donors (Lipinski definition) is 1. The molecule has 1 N–H and O–H groups in total. The molecule has 4 heterocycles. The summed E-state index contributed by atoms with van der Waals surface area (Å²) in [7, 11) is 0.